The fourth-order valence-electron chi connectivity index (χ4n) is 3.93. The van der Waals surface area contributed by atoms with Crippen LogP contribution in [0, 0.1) is 5.92 Å². The topological polar surface area (TPSA) is 35.5 Å². The van der Waals surface area contributed by atoms with Crippen LogP contribution in [0.25, 0.3) is 0 Å². The Morgan fingerprint density at radius 1 is 1.21 bits per heavy atom. The largest absolute Gasteiger partial charge is 0.395 e. The number of hydrogen-bond acceptors (Lipinski definition) is 3. The van der Waals surface area contributed by atoms with Gasteiger partial charge in [0.25, 0.3) is 0 Å². The number of aliphatic hydroxyl groups excluding tert-OH is 1. The van der Waals surface area contributed by atoms with E-state index in [0.717, 1.165) is 31.3 Å². The maximum atomic E-state index is 9.43. The summed E-state index contributed by atoms with van der Waals surface area (Å²) in [6.07, 6.45) is 10.8. The second-order valence-electron chi connectivity index (χ2n) is 6.41. The van der Waals surface area contributed by atoms with E-state index < -0.39 is 0 Å². The lowest BCUT2D eigenvalue weighted by atomic mass is 9.78. The molecule has 3 unspecified atom stereocenters. The van der Waals surface area contributed by atoms with Crippen LogP contribution in [0.2, 0.25) is 0 Å². The molecule has 2 N–H and O–H groups in total. The molecule has 0 aromatic heterocycles. The first kappa shape index (κ1) is 15.3. The van der Waals surface area contributed by atoms with E-state index in [1.165, 1.54) is 51.6 Å². The van der Waals surface area contributed by atoms with Gasteiger partial charge in [-0.15, -0.1) is 0 Å². The van der Waals surface area contributed by atoms with Crippen molar-refractivity contribution >= 4 is 0 Å². The minimum absolute atomic E-state index is 0.280. The number of aliphatic hydroxyl groups is 1. The Labute approximate surface area is 118 Å². The van der Waals surface area contributed by atoms with Gasteiger partial charge in [0.05, 0.1) is 6.61 Å². The molecule has 0 radical (unpaired) electrons. The van der Waals surface area contributed by atoms with Gasteiger partial charge in [-0.3, -0.25) is 0 Å². The molecule has 1 aliphatic heterocycles. The first-order valence-electron chi connectivity index (χ1n) is 8.43. The van der Waals surface area contributed by atoms with Gasteiger partial charge in [0, 0.05) is 18.6 Å². The predicted molar refractivity (Wildman–Crippen MR) is 80.3 cm³/mol. The molecular formula is C16H32N2O. The molecule has 0 bridgehead atoms. The summed E-state index contributed by atoms with van der Waals surface area (Å²) in [6.45, 7) is 5.94. The molecule has 0 aromatic carbocycles. The quantitative estimate of drug-likeness (QED) is 0.744. The fraction of sp³-hybridized carbons (Fsp3) is 1.00. The molecule has 2 rings (SSSR count). The highest BCUT2D eigenvalue weighted by atomic mass is 16.3. The van der Waals surface area contributed by atoms with Crippen molar-refractivity contribution in [1.82, 2.24) is 10.2 Å². The second kappa shape index (κ2) is 8.23. The molecule has 2 aliphatic rings. The number of fused-ring (bicyclic) bond motifs is 1. The van der Waals surface area contributed by atoms with Gasteiger partial charge in [0.1, 0.15) is 0 Å². The molecule has 3 heteroatoms. The fourth-order valence-corrected chi connectivity index (χ4v) is 3.93. The van der Waals surface area contributed by atoms with E-state index in [0.29, 0.717) is 6.04 Å². The van der Waals surface area contributed by atoms with E-state index in [1.54, 1.807) is 0 Å². The summed E-state index contributed by atoms with van der Waals surface area (Å²) < 4.78 is 0. The average Bonchev–Trinajstić information content (AvgIpc) is 2.47. The lowest BCUT2D eigenvalue weighted by molar-refractivity contribution is 0.0555. The number of hydrogen-bond donors (Lipinski definition) is 2. The maximum Gasteiger partial charge on any atom is 0.0585 e. The molecule has 0 spiro atoms. The predicted octanol–water partition coefficient (Wildman–Crippen LogP) is 2.39. The molecule has 2 fully saturated rings. The van der Waals surface area contributed by atoms with E-state index in [2.05, 4.69) is 17.1 Å². The van der Waals surface area contributed by atoms with Gasteiger partial charge in [0.15, 0.2) is 0 Å². The number of nitrogens with one attached hydrogen (secondary N) is 1. The minimum atomic E-state index is 0.280. The zero-order valence-corrected chi connectivity index (χ0v) is 12.6. The van der Waals surface area contributed by atoms with Crippen molar-refractivity contribution in [2.75, 3.05) is 26.2 Å². The van der Waals surface area contributed by atoms with Crippen molar-refractivity contribution in [2.24, 2.45) is 5.92 Å². The Morgan fingerprint density at radius 2 is 2.00 bits per heavy atom. The molecule has 1 saturated carbocycles. The first-order chi connectivity index (χ1) is 9.35. The molecule has 112 valence electrons. The Balaban J connectivity index is 1.76. The summed E-state index contributed by atoms with van der Waals surface area (Å²) in [6, 6.07) is 1.15. The van der Waals surface area contributed by atoms with E-state index in [4.69, 9.17) is 0 Å². The Bertz CT molecular complexity index is 245. The van der Waals surface area contributed by atoms with Crippen molar-refractivity contribution in [3.63, 3.8) is 0 Å². The summed E-state index contributed by atoms with van der Waals surface area (Å²) in [5.74, 6) is 0.971. The maximum absolute atomic E-state index is 9.43. The van der Waals surface area contributed by atoms with Crippen molar-refractivity contribution < 1.29 is 5.11 Å². The van der Waals surface area contributed by atoms with Gasteiger partial charge in [-0.25, -0.2) is 0 Å². The Morgan fingerprint density at radius 3 is 2.79 bits per heavy atom. The molecule has 1 saturated heterocycles. The van der Waals surface area contributed by atoms with Gasteiger partial charge in [-0.1, -0.05) is 19.8 Å². The van der Waals surface area contributed by atoms with Crippen LogP contribution >= 0.6 is 0 Å². The van der Waals surface area contributed by atoms with Crippen molar-refractivity contribution in [3.8, 4) is 0 Å². The van der Waals surface area contributed by atoms with Gasteiger partial charge in [-0.2, -0.15) is 0 Å². The zero-order valence-electron chi connectivity index (χ0n) is 12.6. The highest BCUT2D eigenvalue weighted by molar-refractivity contribution is 4.87. The van der Waals surface area contributed by atoms with Crippen molar-refractivity contribution in [3.05, 3.63) is 0 Å². The first-order valence-corrected chi connectivity index (χ1v) is 8.43. The van der Waals surface area contributed by atoms with Crippen LogP contribution in [-0.2, 0) is 0 Å². The van der Waals surface area contributed by atoms with E-state index in [1.807, 2.05) is 0 Å². The number of nitrogens with zero attached hydrogens (tertiary/aromatic N) is 1. The Hall–Kier alpha value is -0.120. The molecule has 1 heterocycles. The van der Waals surface area contributed by atoms with Gasteiger partial charge < -0.3 is 15.3 Å². The van der Waals surface area contributed by atoms with Crippen molar-refractivity contribution in [2.45, 2.75) is 70.4 Å². The van der Waals surface area contributed by atoms with E-state index in [-0.39, 0.29) is 6.61 Å². The SMILES string of the molecule is CCCNC(CO)CCN1CCCC2CCCCC21. The van der Waals surface area contributed by atoms with Crippen LogP contribution in [-0.4, -0.2) is 48.3 Å². The molecule has 1 aliphatic carbocycles. The third-order valence-electron chi connectivity index (χ3n) is 5.03. The monoisotopic (exact) mass is 268 g/mol. The molecular weight excluding hydrogens is 236 g/mol. The summed E-state index contributed by atoms with van der Waals surface area (Å²) >= 11 is 0. The summed E-state index contributed by atoms with van der Waals surface area (Å²) in [5, 5.41) is 12.9. The normalized spacial score (nSPS) is 30.0. The van der Waals surface area contributed by atoms with Crippen LogP contribution in [0.4, 0.5) is 0 Å². The van der Waals surface area contributed by atoms with Crippen LogP contribution in [0.1, 0.15) is 58.3 Å². The average molecular weight is 268 g/mol. The van der Waals surface area contributed by atoms with E-state index >= 15 is 0 Å². The number of likely N-dealkylation sites (tertiary alicyclic amines) is 1. The van der Waals surface area contributed by atoms with E-state index in [9.17, 15) is 5.11 Å². The van der Waals surface area contributed by atoms with Crippen molar-refractivity contribution in [1.29, 1.82) is 0 Å². The summed E-state index contributed by atoms with van der Waals surface area (Å²) in [7, 11) is 0. The lowest BCUT2D eigenvalue weighted by Gasteiger charge is -2.44. The van der Waals surface area contributed by atoms with Crippen LogP contribution in [0.15, 0.2) is 0 Å². The molecule has 19 heavy (non-hydrogen) atoms. The van der Waals surface area contributed by atoms with Gasteiger partial charge >= 0.3 is 0 Å². The standard InChI is InChI=1S/C16H32N2O/c1-2-10-17-15(13-19)9-12-18-11-5-7-14-6-3-4-8-16(14)18/h14-17,19H,2-13H2,1H3. The zero-order chi connectivity index (χ0) is 13.5. The third kappa shape index (κ3) is 4.44. The summed E-state index contributed by atoms with van der Waals surface area (Å²) in [4.78, 5) is 2.73. The number of rotatable bonds is 7. The smallest absolute Gasteiger partial charge is 0.0585 e. The molecule has 3 nitrogen and oxygen atoms in total. The highest BCUT2D eigenvalue weighted by Crippen LogP contribution is 2.35. The van der Waals surface area contributed by atoms with Gasteiger partial charge in [0.2, 0.25) is 0 Å². The highest BCUT2D eigenvalue weighted by Gasteiger charge is 2.32. The third-order valence-corrected chi connectivity index (χ3v) is 5.03. The molecule has 0 amide bonds. The summed E-state index contributed by atoms with van der Waals surface area (Å²) in [5.41, 5.74) is 0. The van der Waals surface area contributed by atoms with Gasteiger partial charge in [-0.05, 0) is 57.5 Å². The second-order valence-corrected chi connectivity index (χ2v) is 6.41. The van der Waals surface area contributed by atoms with Crippen LogP contribution in [0.5, 0.6) is 0 Å². The minimum Gasteiger partial charge on any atom is -0.395 e. The molecule has 0 aromatic rings. The van der Waals surface area contributed by atoms with Crippen LogP contribution < -0.4 is 5.32 Å². The molecule has 3 atom stereocenters. The Kier molecular flexibility index (Phi) is 6.62. The van der Waals surface area contributed by atoms with Crippen LogP contribution in [0.3, 0.4) is 0 Å². The lowest BCUT2D eigenvalue weighted by Crippen LogP contribution is -2.48. The number of piperidine rings is 1.